The first-order valence-electron chi connectivity index (χ1n) is 12.4. The molecule has 1 unspecified atom stereocenters. The summed E-state index contributed by atoms with van der Waals surface area (Å²) in [6.07, 6.45) is 10.2. The highest BCUT2D eigenvalue weighted by atomic mass is 19.4. The van der Waals surface area contributed by atoms with Crippen LogP contribution in [-0.4, -0.2) is 26.5 Å². The minimum absolute atomic E-state index is 0.211. The summed E-state index contributed by atoms with van der Waals surface area (Å²) < 4.78 is 39.8. The van der Waals surface area contributed by atoms with Crippen LogP contribution >= 0.6 is 0 Å². The van der Waals surface area contributed by atoms with Gasteiger partial charge in [0.05, 0.1) is 0 Å². The Hall–Kier alpha value is -2.13. The Morgan fingerprint density at radius 2 is 1.53 bits per heavy atom. The molecule has 0 saturated heterocycles. The number of nitrogens with one attached hydrogen (secondary N) is 1. The van der Waals surface area contributed by atoms with Crippen LogP contribution in [0.1, 0.15) is 88.0 Å². The van der Waals surface area contributed by atoms with Crippen LogP contribution in [0.15, 0.2) is 36.0 Å². The van der Waals surface area contributed by atoms with E-state index in [0.29, 0.717) is 0 Å². The third-order valence-electron chi connectivity index (χ3n) is 4.42. The van der Waals surface area contributed by atoms with Gasteiger partial charge >= 0.3 is 6.36 Å². The highest BCUT2D eigenvalue weighted by Crippen LogP contribution is 2.26. The molecule has 0 heterocycles. The number of halogens is 3. The quantitative estimate of drug-likeness (QED) is 0.262. The highest BCUT2D eigenvalue weighted by molar-refractivity contribution is 5.52. The van der Waals surface area contributed by atoms with Crippen LogP contribution in [-0.2, 0) is 0 Å². The van der Waals surface area contributed by atoms with E-state index in [0.717, 1.165) is 23.7 Å². The number of allylic oxidation sites excluding steroid dienone is 2. The summed E-state index contributed by atoms with van der Waals surface area (Å²) in [6.45, 7) is 21.1. The Morgan fingerprint density at radius 3 is 1.91 bits per heavy atom. The van der Waals surface area contributed by atoms with Gasteiger partial charge in [-0.3, -0.25) is 0 Å². The largest absolute Gasteiger partial charge is 0.573 e. The molecule has 0 amide bonds. The topological polar surface area (TPSA) is 24.5 Å². The van der Waals surface area contributed by atoms with Crippen molar-refractivity contribution in [3.63, 3.8) is 0 Å². The van der Waals surface area contributed by atoms with Gasteiger partial charge in [0, 0.05) is 18.4 Å². The molecule has 0 fully saturated rings. The average Bonchev–Trinajstić information content (AvgIpc) is 2.85. The van der Waals surface area contributed by atoms with E-state index in [1.807, 2.05) is 59.6 Å². The van der Waals surface area contributed by atoms with E-state index in [9.17, 15) is 13.2 Å². The number of nitrogens with zero attached hydrogens (tertiary/aromatic N) is 1. The molecule has 200 valence electrons. The van der Waals surface area contributed by atoms with Crippen LogP contribution in [0.25, 0.3) is 0 Å². The van der Waals surface area contributed by atoms with Crippen LogP contribution in [0, 0.1) is 18.8 Å². The molecule has 0 aliphatic heterocycles. The van der Waals surface area contributed by atoms with Crippen molar-refractivity contribution in [2.45, 2.75) is 94.4 Å². The Labute approximate surface area is 209 Å². The van der Waals surface area contributed by atoms with Gasteiger partial charge in [0.25, 0.3) is 0 Å². The highest BCUT2D eigenvalue weighted by Gasteiger charge is 2.30. The van der Waals surface area contributed by atoms with Crippen molar-refractivity contribution in [1.29, 1.82) is 0 Å². The van der Waals surface area contributed by atoms with E-state index >= 15 is 0 Å². The molecular weight excluding hydrogens is 437 g/mol. The second-order valence-electron chi connectivity index (χ2n) is 6.91. The monoisotopic (exact) mass is 488 g/mol. The van der Waals surface area contributed by atoms with E-state index in [2.05, 4.69) is 43.7 Å². The van der Waals surface area contributed by atoms with Crippen molar-refractivity contribution in [3.8, 4) is 18.6 Å². The Balaban J connectivity index is -0.000000239. The fourth-order valence-corrected chi connectivity index (χ4v) is 2.36. The van der Waals surface area contributed by atoms with Crippen molar-refractivity contribution in [2.24, 2.45) is 5.92 Å². The SMILES string of the molecule is C#C.CC.CC.CC/C=C(/C)N(C)c1ccc(OC(F)(F)F)cc1.CCCNCCC(C)CC. The molecule has 1 atom stereocenters. The van der Waals surface area contributed by atoms with E-state index in [4.69, 9.17) is 0 Å². The first-order chi connectivity index (χ1) is 16.1. The molecule has 1 N–H and O–H groups in total. The Morgan fingerprint density at radius 1 is 1.03 bits per heavy atom. The maximum Gasteiger partial charge on any atom is 0.573 e. The molecule has 0 radical (unpaired) electrons. The normalized spacial score (nSPS) is 11.0. The lowest BCUT2D eigenvalue weighted by molar-refractivity contribution is -0.274. The molecule has 6 heteroatoms. The lowest BCUT2D eigenvalue weighted by Gasteiger charge is -2.20. The standard InChI is InChI=1S/C13H16F3NO.C9H21N.2C2H6.C2H2/c1-4-5-10(2)17(3)11-6-8-12(9-7-11)18-13(14,15)16;1-4-7-10-8-6-9(3)5-2;3*1-2/h5-9H,4H2,1-3H3;9-10H,4-8H2,1-3H3;2*1-2H3;1-2H/b10-5-;;;;. The number of ether oxygens (including phenoxy) is 1. The lowest BCUT2D eigenvalue weighted by Crippen LogP contribution is -2.17. The van der Waals surface area contributed by atoms with Gasteiger partial charge in [-0.2, -0.15) is 0 Å². The summed E-state index contributed by atoms with van der Waals surface area (Å²) >= 11 is 0. The summed E-state index contributed by atoms with van der Waals surface area (Å²) in [5.74, 6) is 0.682. The summed E-state index contributed by atoms with van der Waals surface area (Å²) in [5.41, 5.74) is 1.86. The zero-order valence-corrected chi connectivity index (χ0v) is 23.4. The first-order valence-corrected chi connectivity index (χ1v) is 12.4. The van der Waals surface area contributed by atoms with Crippen molar-refractivity contribution in [3.05, 3.63) is 36.0 Å². The van der Waals surface area contributed by atoms with E-state index in [-0.39, 0.29) is 5.75 Å². The van der Waals surface area contributed by atoms with Crippen molar-refractivity contribution in [1.82, 2.24) is 5.32 Å². The molecule has 0 aliphatic rings. The van der Waals surface area contributed by atoms with Crippen LogP contribution in [0.2, 0.25) is 0 Å². The molecule has 0 saturated carbocycles. The van der Waals surface area contributed by atoms with Gasteiger partial charge in [0.15, 0.2) is 0 Å². The van der Waals surface area contributed by atoms with Gasteiger partial charge in [-0.1, -0.05) is 67.9 Å². The molecule has 34 heavy (non-hydrogen) atoms. The lowest BCUT2D eigenvalue weighted by atomic mass is 10.1. The molecule has 1 aromatic rings. The number of hydrogen-bond donors (Lipinski definition) is 1. The maximum absolute atomic E-state index is 12.0. The number of hydrogen-bond acceptors (Lipinski definition) is 3. The van der Waals surface area contributed by atoms with Gasteiger partial charge in [-0.15, -0.1) is 26.0 Å². The molecule has 0 bridgehead atoms. The number of rotatable bonds is 10. The van der Waals surface area contributed by atoms with Crippen LogP contribution in [0.5, 0.6) is 5.75 Å². The molecule has 1 rings (SSSR count). The summed E-state index contributed by atoms with van der Waals surface area (Å²) in [6, 6.07) is 5.79. The van der Waals surface area contributed by atoms with Gasteiger partial charge in [-0.05, 0) is 69.5 Å². The van der Waals surface area contributed by atoms with Gasteiger partial charge < -0.3 is 15.0 Å². The van der Waals surface area contributed by atoms with Gasteiger partial charge in [0.1, 0.15) is 5.75 Å². The van der Waals surface area contributed by atoms with Gasteiger partial charge in [-0.25, -0.2) is 0 Å². The second-order valence-corrected chi connectivity index (χ2v) is 6.91. The molecule has 1 aromatic carbocycles. The number of terminal acetylenes is 1. The predicted molar refractivity (Wildman–Crippen MR) is 145 cm³/mol. The van der Waals surface area contributed by atoms with E-state index in [1.54, 1.807) is 12.1 Å². The van der Waals surface area contributed by atoms with Crippen molar-refractivity contribution in [2.75, 3.05) is 25.0 Å². The van der Waals surface area contributed by atoms with Crippen molar-refractivity contribution < 1.29 is 17.9 Å². The third kappa shape index (κ3) is 24.5. The van der Waals surface area contributed by atoms with Crippen LogP contribution in [0.3, 0.4) is 0 Å². The van der Waals surface area contributed by atoms with E-state index < -0.39 is 6.36 Å². The third-order valence-corrected chi connectivity index (χ3v) is 4.42. The second kappa shape index (κ2) is 27.1. The zero-order valence-electron chi connectivity index (χ0n) is 23.4. The van der Waals surface area contributed by atoms with Crippen LogP contribution < -0.4 is 15.0 Å². The Kier molecular flexibility index (Phi) is 31.2. The van der Waals surface area contributed by atoms with Crippen molar-refractivity contribution >= 4 is 5.69 Å². The van der Waals surface area contributed by atoms with Crippen LogP contribution in [0.4, 0.5) is 18.9 Å². The number of benzene rings is 1. The minimum atomic E-state index is -4.65. The first kappa shape index (κ1) is 39.1. The summed E-state index contributed by atoms with van der Waals surface area (Å²) in [7, 11) is 1.86. The Bertz CT molecular complexity index is 582. The molecule has 3 nitrogen and oxygen atoms in total. The molecular formula is C28H51F3N2O. The number of anilines is 1. The minimum Gasteiger partial charge on any atom is -0.406 e. The molecule has 0 spiro atoms. The predicted octanol–water partition coefficient (Wildman–Crippen LogP) is 9.06. The smallest absolute Gasteiger partial charge is 0.406 e. The average molecular weight is 489 g/mol. The zero-order chi connectivity index (χ0) is 27.6. The fourth-order valence-electron chi connectivity index (χ4n) is 2.36. The van der Waals surface area contributed by atoms with E-state index in [1.165, 1.54) is 44.5 Å². The molecule has 0 aliphatic carbocycles. The van der Waals surface area contributed by atoms with Gasteiger partial charge in [0.2, 0.25) is 0 Å². The summed E-state index contributed by atoms with van der Waals surface area (Å²) in [4.78, 5) is 1.90. The maximum atomic E-state index is 12.0. The number of alkyl halides is 3. The molecule has 0 aromatic heterocycles. The summed E-state index contributed by atoms with van der Waals surface area (Å²) in [5, 5.41) is 3.40. The fraction of sp³-hybridized carbons (Fsp3) is 0.643.